The van der Waals surface area contributed by atoms with Crippen LogP contribution in [0, 0.1) is 0 Å². The van der Waals surface area contributed by atoms with Crippen LogP contribution in [-0.4, -0.2) is 18.5 Å². The molecular weight excluding hydrogens is 234 g/mol. The minimum Gasteiger partial charge on any atom is -0.466 e. The quantitative estimate of drug-likeness (QED) is 0.515. The van der Waals surface area contributed by atoms with E-state index >= 15 is 0 Å². The van der Waals surface area contributed by atoms with E-state index in [1.54, 1.807) is 12.1 Å². The fourth-order valence-electron chi connectivity index (χ4n) is 2.20. The number of hydrogen-bond acceptors (Lipinski definition) is 4. The zero-order chi connectivity index (χ0) is 13.0. The molecule has 1 aliphatic rings. The number of nitrogens with one attached hydrogen (secondary N) is 2. The first-order valence-electron chi connectivity index (χ1n) is 6.07. The van der Waals surface area contributed by atoms with Gasteiger partial charge in [0, 0.05) is 0 Å². The molecule has 0 aliphatic carbocycles. The van der Waals surface area contributed by atoms with Crippen molar-refractivity contribution >= 4 is 11.9 Å². The average Bonchev–Trinajstić information content (AvgIpc) is 2.94. The molecule has 0 bridgehead atoms. The molecule has 98 valence electrons. The van der Waals surface area contributed by atoms with Gasteiger partial charge in [-0.2, -0.15) is 0 Å². The van der Waals surface area contributed by atoms with Crippen molar-refractivity contribution < 1.29 is 14.0 Å². The van der Waals surface area contributed by atoms with Crippen LogP contribution < -0.4 is 16.4 Å². The molecule has 0 radical (unpaired) electrons. The Labute approximate surface area is 105 Å². The Morgan fingerprint density at radius 3 is 2.67 bits per heavy atom. The third-order valence-electron chi connectivity index (χ3n) is 3.14. The number of unbranched alkanes of at least 4 members (excludes halogenated alkanes) is 2. The number of rotatable bonds is 6. The second-order valence-electron chi connectivity index (χ2n) is 4.39. The fourth-order valence-corrected chi connectivity index (χ4v) is 2.20. The molecule has 2 rings (SSSR count). The number of furan rings is 1. The summed E-state index contributed by atoms with van der Waals surface area (Å²) in [5.41, 5.74) is 4.37. The number of carbonyl (C=O) groups is 2. The smallest absolute Gasteiger partial charge is 0.322 e. The second-order valence-corrected chi connectivity index (χ2v) is 4.39. The standard InChI is InChI=1S/C12H17N3O3/c13-7-3-1-2-6-12(9-5-4-8-18-9)10(16)14-11(17)15-12/h4-5,8H,1-3,6-7,13H2,(H2,14,15,16,17)/t12-/m0/s1. The second kappa shape index (κ2) is 5.22. The van der Waals surface area contributed by atoms with Crippen LogP contribution >= 0.6 is 0 Å². The number of amides is 3. The van der Waals surface area contributed by atoms with E-state index in [4.69, 9.17) is 10.2 Å². The molecule has 0 aromatic carbocycles. The van der Waals surface area contributed by atoms with Crippen molar-refractivity contribution in [2.75, 3.05) is 6.54 Å². The monoisotopic (exact) mass is 251 g/mol. The summed E-state index contributed by atoms with van der Waals surface area (Å²) < 4.78 is 5.30. The predicted molar refractivity (Wildman–Crippen MR) is 64.6 cm³/mol. The molecule has 6 heteroatoms. The van der Waals surface area contributed by atoms with Crippen molar-refractivity contribution in [1.82, 2.24) is 10.6 Å². The van der Waals surface area contributed by atoms with E-state index in [9.17, 15) is 9.59 Å². The molecule has 1 fully saturated rings. The summed E-state index contributed by atoms with van der Waals surface area (Å²) in [4.78, 5) is 23.3. The first-order chi connectivity index (χ1) is 8.69. The first-order valence-corrected chi connectivity index (χ1v) is 6.07. The highest BCUT2D eigenvalue weighted by Gasteiger charge is 2.49. The predicted octanol–water partition coefficient (Wildman–Crippen LogP) is 0.833. The van der Waals surface area contributed by atoms with Crippen molar-refractivity contribution in [2.45, 2.75) is 31.2 Å². The summed E-state index contributed by atoms with van der Waals surface area (Å²) >= 11 is 0. The van der Waals surface area contributed by atoms with Crippen LogP contribution in [-0.2, 0) is 10.3 Å². The van der Waals surface area contributed by atoms with Crippen molar-refractivity contribution in [3.63, 3.8) is 0 Å². The Morgan fingerprint density at radius 1 is 1.28 bits per heavy atom. The summed E-state index contributed by atoms with van der Waals surface area (Å²) in [5, 5.41) is 4.94. The van der Waals surface area contributed by atoms with E-state index in [0.29, 0.717) is 18.7 Å². The van der Waals surface area contributed by atoms with E-state index in [-0.39, 0.29) is 5.91 Å². The fraction of sp³-hybridized carbons (Fsp3) is 0.500. The summed E-state index contributed by atoms with van der Waals surface area (Å²) in [7, 11) is 0. The Morgan fingerprint density at radius 2 is 2.11 bits per heavy atom. The molecule has 1 atom stereocenters. The van der Waals surface area contributed by atoms with Gasteiger partial charge in [0.05, 0.1) is 6.26 Å². The minimum atomic E-state index is -1.06. The summed E-state index contributed by atoms with van der Waals surface area (Å²) in [6.07, 6.45) is 4.63. The molecule has 0 saturated carbocycles. The van der Waals surface area contributed by atoms with E-state index < -0.39 is 11.6 Å². The molecule has 1 aromatic heterocycles. The van der Waals surface area contributed by atoms with Crippen molar-refractivity contribution in [3.8, 4) is 0 Å². The number of carbonyl (C=O) groups excluding carboxylic acids is 2. The molecular formula is C12H17N3O3. The van der Waals surface area contributed by atoms with Crippen molar-refractivity contribution in [1.29, 1.82) is 0 Å². The lowest BCUT2D eigenvalue weighted by atomic mass is 9.89. The number of imide groups is 1. The Hall–Kier alpha value is -1.82. The number of hydrogen-bond donors (Lipinski definition) is 3. The highest BCUT2D eigenvalue weighted by Crippen LogP contribution is 2.31. The third-order valence-corrected chi connectivity index (χ3v) is 3.14. The third kappa shape index (κ3) is 2.24. The van der Waals surface area contributed by atoms with Gasteiger partial charge in [-0.25, -0.2) is 4.79 Å². The van der Waals surface area contributed by atoms with Crippen molar-refractivity contribution in [3.05, 3.63) is 24.2 Å². The van der Waals surface area contributed by atoms with Crippen LogP contribution in [0.25, 0.3) is 0 Å². The van der Waals surface area contributed by atoms with Gasteiger partial charge in [-0.1, -0.05) is 12.8 Å². The van der Waals surface area contributed by atoms with Crippen LogP contribution in [0.3, 0.4) is 0 Å². The maximum atomic E-state index is 12.0. The highest BCUT2D eigenvalue weighted by molar-refractivity contribution is 6.07. The van der Waals surface area contributed by atoms with Crippen LogP contribution in [0.5, 0.6) is 0 Å². The Balaban J connectivity index is 2.14. The summed E-state index contributed by atoms with van der Waals surface area (Å²) in [5.74, 6) is 0.119. The lowest BCUT2D eigenvalue weighted by Gasteiger charge is -2.23. The highest BCUT2D eigenvalue weighted by atomic mass is 16.3. The largest absolute Gasteiger partial charge is 0.466 e. The van der Waals surface area contributed by atoms with E-state index in [1.807, 2.05) is 0 Å². The van der Waals surface area contributed by atoms with Gasteiger partial charge in [0.25, 0.3) is 5.91 Å². The van der Waals surface area contributed by atoms with Crippen LogP contribution in [0.15, 0.2) is 22.8 Å². The minimum absolute atomic E-state index is 0.352. The molecule has 1 aliphatic heterocycles. The normalized spacial score (nSPS) is 22.9. The first kappa shape index (κ1) is 12.6. The average molecular weight is 251 g/mol. The molecule has 3 amide bonds. The molecule has 1 aromatic rings. The molecule has 1 saturated heterocycles. The SMILES string of the molecule is NCCCCC[C@@]1(c2ccco2)NC(=O)NC1=O. The molecule has 2 heterocycles. The number of urea groups is 1. The van der Waals surface area contributed by atoms with Gasteiger partial charge < -0.3 is 15.5 Å². The van der Waals surface area contributed by atoms with Gasteiger partial charge in [-0.15, -0.1) is 0 Å². The molecule has 4 N–H and O–H groups in total. The van der Waals surface area contributed by atoms with Gasteiger partial charge >= 0.3 is 6.03 Å². The molecule has 18 heavy (non-hydrogen) atoms. The van der Waals surface area contributed by atoms with Gasteiger partial charge in [0.1, 0.15) is 5.76 Å². The van der Waals surface area contributed by atoms with E-state index in [1.165, 1.54) is 6.26 Å². The summed E-state index contributed by atoms with van der Waals surface area (Å²) in [6, 6.07) is 2.93. The molecule has 0 unspecified atom stereocenters. The van der Waals surface area contributed by atoms with Gasteiger partial charge in [-0.05, 0) is 31.5 Å². The van der Waals surface area contributed by atoms with Gasteiger partial charge in [0.15, 0.2) is 5.54 Å². The lowest BCUT2D eigenvalue weighted by Crippen LogP contribution is -2.43. The van der Waals surface area contributed by atoms with Crippen LogP contribution in [0.4, 0.5) is 4.79 Å². The zero-order valence-corrected chi connectivity index (χ0v) is 10.1. The van der Waals surface area contributed by atoms with E-state index in [0.717, 1.165) is 19.3 Å². The maximum Gasteiger partial charge on any atom is 0.322 e. The Bertz CT molecular complexity index is 430. The van der Waals surface area contributed by atoms with Crippen LogP contribution in [0.1, 0.15) is 31.4 Å². The van der Waals surface area contributed by atoms with Crippen molar-refractivity contribution in [2.24, 2.45) is 5.73 Å². The van der Waals surface area contributed by atoms with Gasteiger partial charge in [0.2, 0.25) is 0 Å². The van der Waals surface area contributed by atoms with E-state index in [2.05, 4.69) is 10.6 Å². The number of nitrogens with two attached hydrogens (primary N) is 1. The van der Waals surface area contributed by atoms with Gasteiger partial charge in [-0.3, -0.25) is 10.1 Å². The van der Waals surface area contributed by atoms with Crippen LogP contribution in [0.2, 0.25) is 0 Å². The lowest BCUT2D eigenvalue weighted by molar-refractivity contribution is -0.125. The molecule has 0 spiro atoms. The summed E-state index contributed by atoms with van der Waals surface area (Å²) in [6.45, 7) is 0.631. The maximum absolute atomic E-state index is 12.0. The molecule has 6 nitrogen and oxygen atoms in total. The Kier molecular flexibility index (Phi) is 3.66. The topological polar surface area (TPSA) is 97.4 Å². The zero-order valence-electron chi connectivity index (χ0n) is 10.1.